The number of rotatable bonds is 5. The fraction of sp³-hybridized carbons (Fsp3) is 0.533. The van der Waals surface area contributed by atoms with Gasteiger partial charge in [0, 0.05) is 30.6 Å². The molecule has 1 aliphatic rings. The van der Waals surface area contributed by atoms with Gasteiger partial charge in [-0.1, -0.05) is 12.1 Å². The van der Waals surface area contributed by atoms with Crippen LogP contribution >= 0.6 is 0 Å². The third-order valence-corrected chi connectivity index (χ3v) is 3.69. The number of aromatic nitrogens is 3. The Balaban J connectivity index is 1.77. The smallest absolute Gasteiger partial charge is 0.233 e. The van der Waals surface area contributed by atoms with Crippen LogP contribution in [-0.2, 0) is 4.74 Å². The minimum Gasteiger partial charge on any atom is -0.381 e. The van der Waals surface area contributed by atoms with Gasteiger partial charge in [-0.15, -0.1) is 0 Å². The Bertz CT molecular complexity index is 558. The second-order valence-corrected chi connectivity index (χ2v) is 5.23. The molecule has 1 fully saturated rings. The summed E-state index contributed by atoms with van der Waals surface area (Å²) in [4.78, 5) is 8.60. The van der Waals surface area contributed by atoms with Gasteiger partial charge >= 0.3 is 0 Å². The molecular formula is C15H20N4O2. The van der Waals surface area contributed by atoms with E-state index in [2.05, 4.69) is 27.4 Å². The predicted molar refractivity (Wildman–Crippen MR) is 77.8 cm³/mol. The van der Waals surface area contributed by atoms with E-state index >= 15 is 0 Å². The Morgan fingerprint density at radius 2 is 2.38 bits per heavy atom. The van der Waals surface area contributed by atoms with Crippen LogP contribution in [0.3, 0.4) is 0 Å². The molecule has 0 aromatic carbocycles. The van der Waals surface area contributed by atoms with Crippen molar-refractivity contribution < 1.29 is 9.26 Å². The number of ether oxygens (including phenoxy) is 1. The molecule has 2 atom stereocenters. The second-order valence-electron chi connectivity index (χ2n) is 5.23. The molecule has 6 heteroatoms. The molecular weight excluding hydrogens is 268 g/mol. The van der Waals surface area contributed by atoms with E-state index in [1.54, 1.807) is 12.4 Å². The highest BCUT2D eigenvalue weighted by Crippen LogP contribution is 2.26. The molecule has 1 saturated heterocycles. The summed E-state index contributed by atoms with van der Waals surface area (Å²) in [6.07, 6.45) is 5.53. The average molecular weight is 288 g/mol. The van der Waals surface area contributed by atoms with E-state index < -0.39 is 0 Å². The van der Waals surface area contributed by atoms with Gasteiger partial charge in [0.25, 0.3) is 0 Å². The number of hydrogen-bond acceptors (Lipinski definition) is 6. The van der Waals surface area contributed by atoms with Gasteiger partial charge in [-0.2, -0.15) is 4.98 Å². The first-order valence-electron chi connectivity index (χ1n) is 7.43. The maximum atomic E-state index is 5.58. The summed E-state index contributed by atoms with van der Waals surface area (Å²) < 4.78 is 11.0. The first kappa shape index (κ1) is 14.2. The van der Waals surface area contributed by atoms with Crippen molar-refractivity contribution >= 4 is 0 Å². The molecule has 3 heterocycles. The van der Waals surface area contributed by atoms with Gasteiger partial charge in [-0.05, 0) is 31.5 Å². The van der Waals surface area contributed by atoms with Crippen molar-refractivity contribution in [3.63, 3.8) is 0 Å². The van der Waals surface area contributed by atoms with Crippen molar-refractivity contribution in [3.8, 4) is 11.4 Å². The summed E-state index contributed by atoms with van der Waals surface area (Å²) in [6.45, 7) is 4.55. The summed E-state index contributed by atoms with van der Waals surface area (Å²) in [6, 6.07) is 4.12. The summed E-state index contributed by atoms with van der Waals surface area (Å²) in [5.74, 6) is 1.34. The van der Waals surface area contributed by atoms with Crippen LogP contribution in [0.2, 0.25) is 0 Å². The first-order valence-corrected chi connectivity index (χ1v) is 7.43. The zero-order valence-electron chi connectivity index (χ0n) is 12.2. The molecule has 21 heavy (non-hydrogen) atoms. The van der Waals surface area contributed by atoms with Gasteiger partial charge in [0.15, 0.2) is 0 Å². The highest BCUT2D eigenvalue weighted by molar-refractivity contribution is 5.51. The third kappa shape index (κ3) is 3.28. The quantitative estimate of drug-likeness (QED) is 0.907. The maximum Gasteiger partial charge on any atom is 0.233 e. The topological polar surface area (TPSA) is 73.1 Å². The van der Waals surface area contributed by atoms with Gasteiger partial charge in [-0.3, -0.25) is 4.98 Å². The van der Waals surface area contributed by atoms with Crippen LogP contribution in [-0.4, -0.2) is 40.9 Å². The van der Waals surface area contributed by atoms with Crippen LogP contribution in [0.1, 0.15) is 31.6 Å². The molecule has 0 spiro atoms. The molecule has 3 rings (SSSR count). The van der Waals surface area contributed by atoms with E-state index in [4.69, 9.17) is 9.26 Å². The minimum absolute atomic E-state index is 0.114. The van der Waals surface area contributed by atoms with Gasteiger partial charge in [0.05, 0.1) is 12.5 Å². The standard InChI is InChI=1S/C15H20N4O2/c1-2-6-17-13-5-8-20-10-12(13)15-18-14(19-21-15)11-4-3-7-16-9-11/h3-4,7,9,12-13,17H,2,5-6,8,10H2,1H3. The van der Waals surface area contributed by atoms with Gasteiger partial charge in [0.2, 0.25) is 11.7 Å². The highest BCUT2D eigenvalue weighted by atomic mass is 16.5. The van der Waals surface area contributed by atoms with Crippen LogP contribution in [0.5, 0.6) is 0 Å². The third-order valence-electron chi connectivity index (χ3n) is 3.69. The molecule has 0 amide bonds. The fourth-order valence-electron chi connectivity index (χ4n) is 2.55. The van der Waals surface area contributed by atoms with Gasteiger partial charge in [-0.25, -0.2) is 0 Å². The second kappa shape index (κ2) is 6.78. The molecule has 1 N–H and O–H groups in total. The Morgan fingerprint density at radius 1 is 1.43 bits per heavy atom. The van der Waals surface area contributed by atoms with Crippen molar-refractivity contribution in [2.45, 2.75) is 31.7 Å². The Hall–Kier alpha value is -1.79. The molecule has 0 saturated carbocycles. The fourth-order valence-corrected chi connectivity index (χ4v) is 2.55. The van der Waals surface area contributed by atoms with E-state index in [1.807, 2.05) is 12.1 Å². The van der Waals surface area contributed by atoms with Crippen molar-refractivity contribution in [2.24, 2.45) is 0 Å². The molecule has 1 aliphatic heterocycles. The number of hydrogen-bond donors (Lipinski definition) is 1. The Kier molecular flexibility index (Phi) is 4.57. The van der Waals surface area contributed by atoms with Crippen molar-refractivity contribution in [3.05, 3.63) is 30.4 Å². The number of nitrogens with one attached hydrogen (secondary N) is 1. The predicted octanol–water partition coefficient (Wildman–Crippen LogP) is 2.00. The lowest BCUT2D eigenvalue weighted by Gasteiger charge is -2.29. The summed E-state index contributed by atoms with van der Waals surface area (Å²) >= 11 is 0. The Morgan fingerprint density at radius 3 is 3.19 bits per heavy atom. The van der Waals surface area contributed by atoms with Gasteiger partial charge in [0.1, 0.15) is 0 Å². The van der Waals surface area contributed by atoms with E-state index in [-0.39, 0.29) is 5.92 Å². The lowest BCUT2D eigenvalue weighted by Crippen LogP contribution is -2.41. The minimum atomic E-state index is 0.114. The number of pyridine rings is 1. The van der Waals surface area contributed by atoms with E-state index in [0.29, 0.717) is 24.4 Å². The normalized spacial score (nSPS) is 22.3. The number of nitrogens with zero attached hydrogens (tertiary/aromatic N) is 3. The van der Waals surface area contributed by atoms with Crippen LogP contribution in [0.15, 0.2) is 29.0 Å². The molecule has 2 aromatic heterocycles. The lowest BCUT2D eigenvalue weighted by molar-refractivity contribution is 0.0498. The van der Waals surface area contributed by atoms with Crippen LogP contribution in [0.25, 0.3) is 11.4 Å². The molecule has 2 unspecified atom stereocenters. The molecule has 112 valence electrons. The van der Waals surface area contributed by atoms with E-state index in [1.165, 1.54) is 0 Å². The molecule has 0 aliphatic carbocycles. The van der Waals surface area contributed by atoms with Crippen LogP contribution < -0.4 is 5.32 Å². The maximum absolute atomic E-state index is 5.58. The zero-order chi connectivity index (χ0) is 14.5. The molecule has 0 bridgehead atoms. The summed E-state index contributed by atoms with van der Waals surface area (Å²) in [5.41, 5.74) is 0.863. The van der Waals surface area contributed by atoms with Crippen LogP contribution in [0, 0.1) is 0 Å². The average Bonchev–Trinajstić information content (AvgIpc) is 3.04. The highest BCUT2D eigenvalue weighted by Gasteiger charge is 2.31. The molecule has 0 radical (unpaired) electrons. The zero-order valence-corrected chi connectivity index (χ0v) is 12.2. The largest absolute Gasteiger partial charge is 0.381 e. The monoisotopic (exact) mass is 288 g/mol. The summed E-state index contributed by atoms with van der Waals surface area (Å²) in [7, 11) is 0. The van der Waals surface area contributed by atoms with Crippen molar-refractivity contribution in [1.29, 1.82) is 0 Å². The van der Waals surface area contributed by atoms with E-state index in [9.17, 15) is 0 Å². The Labute approximate surface area is 123 Å². The first-order chi connectivity index (χ1) is 10.4. The SMILES string of the molecule is CCCNC1CCOCC1c1nc(-c2cccnc2)no1. The summed E-state index contributed by atoms with van der Waals surface area (Å²) in [5, 5.41) is 7.62. The lowest BCUT2D eigenvalue weighted by atomic mass is 9.95. The van der Waals surface area contributed by atoms with Crippen molar-refractivity contribution in [1.82, 2.24) is 20.4 Å². The van der Waals surface area contributed by atoms with Crippen LogP contribution in [0.4, 0.5) is 0 Å². The molecule has 2 aromatic rings. The van der Waals surface area contributed by atoms with Crippen molar-refractivity contribution in [2.75, 3.05) is 19.8 Å². The van der Waals surface area contributed by atoms with Gasteiger partial charge < -0.3 is 14.6 Å². The van der Waals surface area contributed by atoms with E-state index in [0.717, 1.165) is 31.6 Å². The molecule has 6 nitrogen and oxygen atoms in total.